The second kappa shape index (κ2) is 8.43. The van der Waals surface area contributed by atoms with Gasteiger partial charge in [0.05, 0.1) is 6.04 Å². The molecule has 2 aliphatic heterocycles. The Morgan fingerprint density at radius 1 is 0.971 bits per heavy atom. The molecular formula is C30H28FNO2. The van der Waals surface area contributed by atoms with E-state index in [1.165, 1.54) is 27.8 Å². The Kier molecular flexibility index (Phi) is 5.24. The highest BCUT2D eigenvalue weighted by Crippen LogP contribution is 2.45. The van der Waals surface area contributed by atoms with Crippen molar-refractivity contribution in [3.05, 3.63) is 106 Å². The number of amides is 1. The van der Waals surface area contributed by atoms with Crippen molar-refractivity contribution in [2.45, 2.75) is 50.6 Å². The Labute approximate surface area is 199 Å². The van der Waals surface area contributed by atoms with Gasteiger partial charge in [0.25, 0.3) is 0 Å². The fourth-order valence-electron chi connectivity index (χ4n) is 6.09. The van der Waals surface area contributed by atoms with Crippen LogP contribution in [0.3, 0.4) is 0 Å². The fraction of sp³-hybridized carbons (Fsp3) is 0.300. The van der Waals surface area contributed by atoms with Crippen LogP contribution in [-0.4, -0.2) is 29.7 Å². The maximum Gasteiger partial charge on any atom is 0.410 e. The summed E-state index contributed by atoms with van der Waals surface area (Å²) in [5.74, 6) is -0.0519. The maximum atomic E-state index is 14.5. The van der Waals surface area contributed by atoms with Crippen LogP contribution in [0.25, 0.3) is 11.1 Å². The third kappa shape index (κ3) is 3.53. The van der Waals surface area contributed by atoms with E-state index in [0.717, 1.165) is 24.8 Å². The van der Waals surface area contributed by atoms with Gasteiger partial charge >= 0.3 is 6.09 Å². The fourth-order valence-corrected chi connectivity index (χ4v) is 6.09. The molecule has 2 unspecified atom stereocenters. The molecule has 2 bridgehead atoms. The van der Waals surface area contributed by atoms with Gasteiger partial charge in [0.1, 0.15) is 12.4 Å². The van der Waals surface area contributed by atoms with Gasteiger partial charge in [-0.15, -0.1) is 0 Å². The summed E-state index contributed by atoms with van der Waals surface area (Å²) < 4.78 is 20.5. The van der Waals surface area contributed by atoms with Crippen molar-refractivity contribution in [3.63, 3.8) is 0 Å². The van der Waals surface area contributed by atoms with Crippen LogP contribution >= 0.6 is 0 Å². The van der Waals surface area contributed by atoms with E-state index in [2.05, 4.69) is 42.5 Å². The van der Waals surface area contributed by atoms with Crippen molar-refractivity contribution < 1.29 is 13.9 Å². The molecule has 172 valence electrons. The van der Waals surface area contributed by atoms with Gasteiger partial charge in [-0.1, -0.05) is 78.4 Å². The van der Waals surface area contributed by atoms with Crippen LogP contribution in [0.2, 0.25) is 0 Å². The molecule has 2 atom stereocenters. The molecule has 0 aromatic heterocycles. The lowest BCUT2D eigenvalue weighted by Crippen LogP contribution is -2.44. The van der Waals surface area contributed by atoms with Crippen LogP contribution in [0.5, 0.6) is 0 Å². The minimum atomic E-state index is -0.230. The molecule has 0 radical (unpaired) electrons. The summed E-state index contributed by atoms with van der Waals surface area (Å²) in [4.78, 5) is 15.1. The molecule has 4 heteroatoms. The molecule has 3 aromatic carbocycles. The van der Waals surface area contributed by atoms with Crippen molar-refractivity contribution in [1.29, 1.82) is 0 Å². The third-order valence-corrected chi connectivity index (χ3v) is 7.71. The van der Waals surface area contributed by atoms with Gasteiger partial charge in [0.15, 0.2) is 0 Å². The third-order valence-electron chi connectivity index (χ3n) is 7.71. The average molecular weight is 454 g/mol. The number of nitrogens with zero attached hydrogens (tertiary/aromatic N) is 1. The number of ether oxygens (including phenoxy) is 1. The van der Waals surface area contributed by atoms with Crippen LogP contribution in [-0.2, 0) is 11.2 Å². The number of hydrogen-bond acceptors (Lipinski definition) is 2. The molecule has 2 heterocycles. The first kappa shape index (κ1) is 21.2. The minimum absolute atomic E-state index is 0.0391. The van der Waals surface area contributed by atoms with E-state index in [1.807, 2.05) is 29.2 Å². The molecule has 0 N–H and O–H groups in total. The molecule has 1 amide bonds. The summed E-state index contributed by atoms with van der Waals surface area (Å²) in [6.07, 6.45) is 5.24. The van der Waals surface area contributed by atoms with Crippen LogP contribution < -0.4 is 0 Å². The Hall–Kier alpha value is -3.40. The van der Waals surface area contributed by atoms with Crippen molar-refractivity contribution in [3.8, 4) is 11.1 Å². The SMILES string of the molecule is Cc1cccc(CC2=CC3CCC(C2)N3C(=O)OCC2c3ccccc3-c3ccccc32)c1F. The lowest BCUT2D eigenvalue weighted by atomic mass is 9.94. The first-order valence-electron chi connectivity index (χ1n) is 12.2. The molecule has 6 rings (SSSR count). The molecule has 1 saturated heterocycles. The first-order chi connectivity index (χ1) is 16.6. The van der Waals surface area contributed by atoms with Gasteiger partial charge in [-0.3, -0.25) is 4.90 Å². The molecule has 3 nitrogen and oxygen atoms in total. The lowest BCUT2D eigenvalue weighted by Gasteiger charge is -2.33. The van der Waals surface area contributed by atoms with E-state index >= 15 is 0 Å². The van der Waals surface area contributed by atoms with E-state index in [1.54, 1.807) is 13.0 Å². The summed E-state index contributed by atoms with van der Waals surface area (Å²) in [6.45, 7) is 2.14. The van der Waals surface area contributed by atoms with Crippen molar-refractivity contribution in [1.82, 2.24) is 4.90 Å². The molecule has 0 spiro atoms. The lowest BCUT2D eigenvalue weighted by molar-refractivity contribution is 0.0849. The van der Waals surface area contributed by atoms with E-state index in [-0.39, 0.29) is 29.9 Å². The molecule has 3 aliphatic rings. The average Bonchev–Trinajstić information content (AvgIpc) is 3.32. The quantitative estimate of drug-likeness (QED) is 0.407. The highest BCUT2D eigenvalue weighted by Gasteiger charge is 2.41. The summed E-state index contributed by atoms with van der Waals surface area (Å²) >= 11 is 0. The van der Waals surface area contributed by atoms with E-state index in [9.17, 15) is 9.18 Å². The first-order valence-corrected chi connectivity index (χ1v) is 12.2. The number of hydrogen-bond donors (Lipinski definition) is 0. The van der Waals surface area contributed by atoms with E-state index in [0.29, 0.717) is 18.6 Å². The summed E-state index contributed by atoms with van der Waals surface area (Å²) in [7, 11) is 0. The summed E-state index contributed by atoms with van der Waals surface area (Å²) in [5.41, 5.74) is 7.54. The van der Waals surface area contributed by atoms with Gasteiger partial charge < -0.3 is 4.74 Å². The monoisotopic (exact) mass is 453 g/mol. The molecule has 3 aromatic rings. The molecule has 1 fully saturated rings. The zero-order valence-electron chi connectivity index (χ0n) is 19.3. The van der Waals surface area contributed by atoms with Gasteiger partial charge in [0.2, 0.25) is 0 Å². The second-order valence-corrected chi connectivity index (χ2v) is 9.76. The van der Waals surface area contributed by atoms with Gasteiger partial charge in [-0.25, -0.2) is 9.18 Å². The number of rotatable bonds is 4. The maximum absolute atomic E-state index is 14.5. The number of fused-ring (bicyclic) bond motifs is 5. The largest absolute Gasteiger partial charge is 0.448 e. The Morgan fingerprint density at radius 3 is 2.38 bits per heavy atom. The highest BCUT2D eigenvalue weighted by molar-refractivity contribution is 5.79. The van der Waals surface area contributed by atoms with Crippen LogP contribution in [0.4, 0.5) is 9.18 Å². The standard InChI is InChI=1S/C30H28FNO2/c1-19-7-6-8-21(29(19)31)15-20-16-22-13-14-23(17-20)32(22)30(33)34-18-28-26-11-4-2-9-24(26)25-10-3-5-12-27(25)28/h2-12,16,22-23,28H,13-15,17-18H2,1H3. The van der Waals surface area contributed by atoms with Crippen molar-refractivity contribution in [2.75, 3.05) is 6.61 Å². The molecular weight excluding hydrogens is 425 g/mol. The number of carbonyl (C=O) groups is 1. The molecule has 34 heavy (non-hydrogen) atoms. The summed E-state index contributed by atoms with van der Waals surface area (Å²) in [6, 6.07) is 22.5. The van der Waals surface area contributed by atoms with E-state index in [4.69, 9.17) is 4.74 Å². The zero-order valence-corrected chi connectivity index (χ0v) is 19.3. The number of carbonyl (C=O) groups excluding carboxylic acids is 1. The predicted octanol–water partition coefficient (Wildman–Crippen LogP) is 6.79. The van der Waals surface area contributed by atoms with Crippen LogP contribution in [0.15, 0.2) is 78.4 Å². The Bertz CT molecular complexity index is 1250. The molecule has 1 aliphatic carbocycles. The minimum Gasteiger partial charge on any atom is -0.448 e. The van der Waals surface area contributed by atoms with E-state index < -0.39 is 0 Å². The number of benzene rings is 3. The van der Waals surface area contributed by atoms with Crippen LogP contribution in [0, 0.1) is 12.7 Å². The van der Waals surface area contributed by atoms with Gasteiger partial charge in [0, 0.05) is 12.0 Å². The topological polar surface area (TPSA) is 29.5 Å². The number of halogens is 1. The highest BCUT2D eigenvalue weighted by atomic mass is 19.1. The Balaban J connectivity index is 1.17. The normalized spacial score (nSPS) is 20.6. The second-order valence-electron chi connectivity index (χ2n) is 9.76. The Morgan fingerprint density at radius 2 is 1.68 bits per heavy atom. The summed E-state index contributed by atoms with van der Waals surface area (Å²) in [5, 5.41) is 0. The van der Waals surface area contributed by atoms with Crippen LogP contribution in [0.1, 0.15) is 47.4 Å². The number of aryl methyl sites for hydroxylation is 1. The van der Waals surface area contributed by atoms with Gasteiger partial charge in [-0.2, -0.15) is 0 Å². The predicted molar refractivity (Wildman–Crippen MR) is 131 cm³/mol. The van der Waals surface area contributed by atoms with Gasteiger partial charge in [-0.05, 0) is 66.0 Å². The van der Waals surface area contributed by atoms with Crippen molar-refractivity contribution in [2.24, 2.45) is 0 Å². The molecule has 0 saturated carbocycles. The smallest absolute Gasteiger partial charge is 0.410 e. The zero-order chi connectivity index (χ0) is 23.2. The van der Waals surface area contributed by atoms with Crippen molar-refractivity contribution >= 4 is 6.09 Å².